The summed E-state index contributed by atoms with van der Waals surface area (Å²) >= 11 is 0. The molecule has 0 spiro atoms. The Morgan fingerprint density at radius 1 is 0.431 bits per heavy atom. The second-order valence-electron chi connectivity index (χ2n) is 11.8. The van der Waals surface area contributed by atoms with Crippen LogP contribution in [0.5, 0.6) is 0 Å². The topological polar surface area (TPSA) is 163 Å². The Hall–Kier alpha value is -6.08. The number of nitrogens with one attached hydrogen (secondary N) is 4. The smallest absolute Gasteiger partial charge is 0.414 e. The predicted octanol–water partition coefficient (Wildman–Crippen LogP) is 8.51. The zero-order valence-electron chi connectivity index (χ0n) is 28.9. The molecule has 0 aromatic heterocycles. The number of hydrogen-bond donors (Lipinski definition) is 4. The summed E-state index contributed by atoms with van der Waals surface area (Å²) in [7, 11) is 0. The fraction of sp³-hybridized carbons (Fsp3) is 0.263. The zero-order chi connectivity index (χ0) is 36.6. The van der Waals surface area contributed by atoms with E-state index in [4.69, 9.17) is 23.7 Å². The second kappa shape index (κ2) is 19.2. The molecule has 4 amide bonds. The van der Waals surface area contributed by atoms with Crippen molar-refractivity contribution >= 4 is 47.1 Å². The van der Waals surface area contributed by atoms with Crippen LogP contribution >= 0.6 is 0 Å². The molecule has 13 nitrogen and oxygen atoms in total. The number of amides is 4. The van der Waals surface area contributed by atoms with Gasteiger partial charge in [0.25, 0.3) is 0 Å². The monoisotopic (exact) mass is 698 g/mol. The van der Waals surface area contributed by atoms with E-state index in [0.717, 1.165) is 22.3 Å². The third kappa shape index (κ3) is 14.1. The molecular weight excluding hydrogens is 656 g/mol. The maximum atomic E-state index is 12.2. The molecule has 0 atom stereocenters. The molecule has 0 heterocycles. The minimum Gasteiger partial charge on any atom is -0.447 e. The fourth-order valence-corrected chi connectivity index (χ4v) is 4.48. The zero-order valence-corrected chi connectivity index (χ0v) is 28.9. The van der Waals surface area contributed by atoms with Crippen molar-refractivity contribution in [1.82, 2.24) is 0 Å². The van der Waals surface area contributed by atoms with Crippen LogP contribution in [0.3, 0.4) is 0 Å². The standard InChI is InChI=1S/C38H42N4O9/c1-25(2)47-23-48-35(43)39-31-13-5-27(6-14-31)21-28-7-15-32(16-8-28)40-36(44)49-24-50-37(45)41-33-17-9-29(10-18-33)22-30-11-19-34(20-12-30)42-38(46)51-26(3)4/h5-20,25-26H,21-24H2,1-4H3,(H,39,43)(H,40,44)(H,41,45)(H,42,46). The summed E-state index contributed by atoms with van der Waals surface area (Å²) < 4.78 is 25.2. The van der Waals surface area contributed by atoms with Crippen LogP contribution in [-0.2, 0) is 36.5 Å². The molecule has 0 saturated heterocycles. The highest BCUT2D eigenvalue weighted by Crippen LogP contribution is 2.18. The van der Waals surface area contributed by atoms with Gasteiger partial charge in [-0.15, -0.1) is 0 Å². The van der Waals surface area contributed by atoms with Gasteiger partial charge in [-0.25, -0.2) is 19.2 Å². The van der Waals surface area contributed by atoms with Crippen molar-refractivity contribution < 1.29 is 42.9 Å². The van der Waals surface area contributed by atoms with E-state index < -0.39 is 31.2 Å². The lowest BCUT2D eigenvalue weighted by molar-refractivity contribution is -0.0397. The third-order valence-electron chi connectivity index (χ3n) is 6.93. The predicted molar refractivity (Wildman–Crippen MR) is 193 cm³/mol. The highest BCUT2D eigenvalue weighted by atomic mass is 16.7. The van der Waals surface area contributed by atoms with Crippen molar-refractivity contribution in [3.63, 3.8) is 0 Å². The molecule has 4 N–H and O–H groups in total. The number of hydrogen-bond acceptors (Lipinski definition) is 9. The van der Waals surface area contributed by atoms with E-state index >= 15 is 0 Å². The Labute approximate surface area is 296 Å². The molecule has 0 radical (unpaired) electrons. The van der Waals surface area contributed by atoms with Crippen LogP contribution in [0.1, 0.15) is 49.9 Å². The number of benzene rings is 4. The molecule has 4 rings (SSSR count). The van der Waals surface area contributed by atoms with Gasteiger partial charge < -0.3 is 23.7 Å². The first-order valence-corrected chi connectivity index (χ1v) is 16.3. The molecule has 0 aliphatic carbocycles. The van der Waals surface area contributed by atoms with Crippen LogP contribution in [0.15, 0.2) is 97.1 Å². The van der Waals surface area contributed by atoms with Gasteiger partial charge in [-0.05, 0) is 111 Å². The van der Waals surface area contributed by atoms with Crippen LogP contribution in [0.25, 0.3) is 0 Å². The number of carbonyl (C=O) groups is 4. The molecule has 0 fully saturated rings. The van der Waals surface area contributed by atoms with Crippen molar-refractivity contribution in [3.05, 3.63) is 119 Å². The summed E-state index contributed by atoms with van der Waals surface area (Å²) in [6.45, 7) is 6.56. The lowest BCUT2D eigenvalue weighted by Crippen LogP contribution is -2.20. The summed E-state index contributed by atoms with van der Waals surface area (Å²) in [5.74, 6) is 0. The Bertz CT molecular complexity index is 1730. The summed E-state index contributed by atoms with van der Waals surface area (Å²) in [5.41, 5.74) is 6.32. The lowest BCUT2D eigenvalue weighted by Gasteiger charge is -2.11. The molecule has 0 bridgehead atoms. The SMILES string of the molecule is CC(C)OCOC(=O)Nc1ccc(Cc2ccc(NC(=O)OCOC(=O)Nc3ccc(Cc4ccc(NC(=O)OC(C)C)cc4)cc3)cc2)cc1. The molecule has 0 unspecified atom stereocenters. The Morgan fingerprint density at radius 2 is 0.725 bits per heavy atom. The third-order valence-corrected chi connectivity index (χ3v) is 6.93. The van der Waals surface area contributed by atoms with E-state index in [1.165, 1.54) is 0 Å². The van der Waals surface area contributed by atoms with Gasteiger partial charge >= 0.3 is 24.4 Å². The molecule has 0 aliphatic rings. The number of ether oxygens (including phenoxy) is 5. The summed E-state index contributed by atoms with van der Waals surface area (Å²) in [6.07, 6.45) is -1.61. The molecular formula is C38H42N4O9. The van der Waals surface area contributed by atoms with Gasteiger partial charge in [0, 0.05) is 22.7 Å². The minimum absolute atomic E-state index is 0.0356. The first-order valence-electron chi connectivity index (χ1n) is 16.3. The molecule has 13 heteroatoms. The lowest BCUT2D eigenvalue weighted by atomic mass is 10.0. The van der Waals surface area contributed by atoms with E-state index in [0.29, 0.717) is 35.6 Å². The number of anilines is 4. The average Bonchev–Trinajstić information content (AvgIpc) is 3.08. The van der Waals surface area contributed by atoms with Crippen molar-refractivity contribution in [2.45, 2.75) is 52.7 Å². The first kappa shape index (κ1) is 37.7. The van der Waals surface area contributed by atoms with Crippen LogP contribution in [0, 0.1) is 0 Å². The van der Waals surface area contributed by atoms with Crippen molar-refractivity contribution in [3.8, 4) is 0 Å². The van der Waals surface area contributed by atoms with E-state index in [2.05, 4.69) is 21.3 Å². The highest BCUT2D eigenvalue weighted by Gasteiger charge is 2.10. The van der Waals surface area contributed by atoms with E-state index in [-0.39, 0.29) is 19.0 Å². The van der Waals surface area contributed by atoms with Gasteiger partial charge in [-0.3, -0.25) is 21.3 Å². The van der Waals surface area contributed by atoms with Crippen LogP contribution in [-0.4, -0.2) is 50.2 Å². The average molecular weight is 699 g/mol. The van der Waals surface area contributed by atoms with Crippen molar-refractivity contribution in [2.24, 2.45) is 0 Å². The van der Waals surface area contributed by atoms with Crippen LogP contribution < -0.4 is 21.3 Å². The van der Waals surface area contributed by atoms with Gasteiger partial charge in [0.2, 0.25) is 6.79 Å². The number of carbonyl (C=O) groups excluding carboxylic acids is 4. The van der Waals surface area contributed by atoms with Crippen LogP contribution in [0.2, 0.25) is 0 Å². The van der Waals surface area contributed by atoms with E-state index in [1.807, 2.05) is 62.4 Å². The van der Waals surface area contributed by atoms with Crippen LogP contribution in [0.4, 0.5) is 41.9 Å². The van der Waals surface area contributed by atoms with Crippen molar-refractivity contribution in [2.75, 3.05) is 34.9 Å². The van der Waals surface area contributed by atoms with Gasteiger partial charge in [0.05, 0.1) is 12.2 Å². The molecule has 0 aliphatic heterocycles. The normalized spacial score (nSPS) is 10.6. The molecule has 0 saturated carbocycles. The molecule has 51 heavy (non-hydrogen) atoms. The summed E-state index contributed by atoms with van der Waals surface area (Å²) in [5, 5.41) is 10.5. The first-order chi connectivity index (χ1) is 24.5. The molecule has 4 aromatic rings. The van der Waals surface area contributed by atoms with E-state index in [9.17, 15) is 19.2 Å². The Morgan fingerprint density at radius 3 is 1.02 bits per heavy atom. The van der Waals surface area contributed by atoms with Gasteiger partial charge in [0.1, 0.15) is 0 Å². The van der Waals surface area contributed by atoms with Gasteiger partial charge in [-0.1, -0.05) is 48.5 Å². The summed E-state index contributed by atoms with van der Waals surface area (Å²) in [4.78, 5) is 48.0. The quantitative estimate of drug-likeness (QED) is 0.0747. The minimum atomic E-state index is -0.781. The number of rotatable bonds is 14. The van der Waals surface area contributed by atoms with E-state index in [1.54, 1.807) is 62.4 Å². The van der Waals surface area contributed by atoms with Gasteiger partial charge in [-0.2, -0.15) is 0 Å². The maximum absolute atomic E-state index is 12.2. The molecule has 268 valence electrons. The Kier molecular flexibility index (Phi) is 14.2. The molecule has 4 aromatic carbocycles. The summed E-state index contributed by atoms with van der Waals surface area (Å²) in [6, 6.07) is 29.2. The maximum Gasteiger partial charge on any atom is 0.414 e. The highest BCUT2D eigenvalue weighted by molar-refractivity contribution is 5.86. The largest absolute Gasteiger partial charge is 0.447 e. The fourth-order valence-electron chi connectivity index (χ4n) is 4.48. The van der Waals surface area contributed by atoms with Crippen molar-refractivity contribution in [1.29, 1.82) is 0 Å². The second-order valence-corrected chi connectivity index (χ2v) is 11.8. The Balaban J connectivity index is 1.12. The van der Waals surface area contributed by atoms with Gasteiger partial charge in [0.15, 0.2) is 6.79 Å².